The Morgan fingerprint density at radius 2 is 1.82 bits per heavy atom. The molecule has 0 aromatic carbocycles. The summed E-state index contributed by atoms with van der Waals surface area (Å²) in [6.45, 7) is 12.4. The molecule has 1 aromatic heterocycles. The van der Waals surface area contributed by atoms with Gasteiger partial charge >= 0.3 is 6.09 Å². The summed E-state index contributed by atoms with van der Waals surface area (Å²) in [4.78, 5) is 37.5. The molecule has 4 aliphatic carbocycles. The van der Waals surface area contributed by atoms with E-state index in [1.54, 1.807) is 10.9 Å². The van der Waals surface area contributed by atoms with E-state index in [0.29, 0.717) is 30.4 Å². The Hall–Kier alpha value is -3.04. The van der Waals surface area contributed by atoms with Crippen LogP contribution in [-0.4, -0.2) is 51.5 Å². The zero-order valence-corrected chi connectivity index (χ0v) is 24.2. The Morgan fingerprint density at radius 3 is 2.41 bits per heavy atom. The summed E-state index contributed by atoms with van der Waals surface area (Å²) >= 11 is 0. The lowest BCUT2D eigenvalue weighted by Gasteiger charge is -2.58. The van der Waals surface area contributed by atoms with Crippen LogP contribution in [0.1, 0.15) is 90.4 Å². The third-order valence-electron chi connectivity index (χ3n) is 8.07. The van der Waals surface area contributed by atoms with Crippen LogP contribution >= 0.6 is 0 Å². The van der Waals surface area contributed by atoms with E-state index in [-0.39, 0.29) is 41.5 Å². The summed E-state index contributed by atoms with van der Waals surface area (Å²) < 4.78 is 13.3. The van der Waals surface area contributed by atoms with Gasteiger partial charge in [0.1, 0.15) is 11.2 Å². The van der Waals surface area contributed by atoms with Crippen molar-refractivity contribution >= 4 is 24.1 Å². The zero-order valence-electron chi connectivity index (χ0n) is 24.2. The molecule has 0 aliphatic heterocycles. The van der Waals surface area contributed by atoms with Gasteiger partial charge in [-0.3, -0.25) is 9.59 Å². The molecule has 10 nitrogen and oxygen atoms in total. The van der Waals surface area contributed by atoms with Crippen LogP contribution in [0.5, 0.6) is 5.88 Å². The quantitative estimate of drug-likeness (QED) is 0.384. The average Bonchev–Trinajstić information content (AvgIpc) is 3.19. The van der Waals surface area contributed by atoms with E-state index >= 15 is 0 Å². The Morgan fingerprint density at radius 1 is 1.15 bits per heavy atom. The fourth-order valence-electron chi connectivity index (χ4n) is 6.84. The van der Waals surface area contributed by atoms with Crippen LogP contribution in [0, 0.1) is 29.6 Å². The largest absolute Gasteiger partial charge is 0.477 e. The van der Waals surface area contributed by atoms with E-state index in [1.165, 1.54) is 6.20 Å². The molecule has 10 heteroatoms. The fraction of sp³-hybridized carbons (Fsp3) is 0.724. The number of ether oxygens (including phenoxy) is 2. The van der Waals surface area contributed by atoms with Crippen LogP contribution in [-0.2, 0) is 9.53 Å². The number of carbonyl (C=O) groups excluding carboxylic acids is 3. The van der Waals surface area contributed by atoms with Crippen molar-refractivity contribution in [3.8, 4) is 5.88 Å². The van der Waals surface area contributed by atoms with Gasteiger partial charge in [-0.05, 0) is 81.6 Å². The third-order valence-corrected chi connectivity index (χ3v) is 8.07. The van der Waals surface area contributed by atoms with Crippen LogP contribution in [0.2, 0.25) is 0 Å². The summed E-state index contributed by atoms with van der Waals surface area (Å²) in [5.41, 5.74) is 4.67. The molecule has 1 heterocycles. The van der Waals surface area contributed by atoms with Crippen molar-refractivity contribution in [1.29, 1.82) is 0 Å². The second-order valence-corrected chi connectivity index (χ2v) is 13.3. The van der Waals surface area contributed by atoms with E-state index in [4.69, 9.17) is 15.2 Å². The van der Waals surface area contributed by atoms with Gasteiger partial charge in [-0.1, -0.05) is 27.7 Å². The molecule has 5 rings (SSSR count). The molecule has 1 aromatic rings. The van der Waals surface area contributed by atoms with Crippen molar-refractivity contribution in [3.63, 3.8) is 0 Å². The van der Waals surface area contributed by atoms with Gasteiger partial charge in [-0.2, -0.15) is 5.10 Å². The highest BCUT2D eigenvalue weighted by molar-refractivity contribution is 5.96. The number of nitrogens with one attached hydrogen (secondary N) is 2. The SMILES string of the molecule is CC(C)COc1c(C(=O)NC2C3CC4CC2CC(OC(N)=O)(C4)C3)cnn1/C=C/C(C)(C)NC(=O)CC(C)C. The van der Waals surface area contributed by atoms with E-state index in [1.807, 2.05) is 47.6 Å². The Bertz CT molecular complexity index is 1090. The van der Waals surface area contributed by atoms with Crippen LogP contribution in [0.4, 0.5) is 4.79 Å². The molecule has 0 radical (unpaired) electrons. The number of carbonyl (C=O) groups is 3. The van der Waals surface area contributed by atoms with Crippen molar-refractivity contribution in [2.75, 3.05) is 6.61 Å². The molecular formula is C29H45N5O5. The predicted molar refractivity (Wildman–Crippen MR) is 148 cm³/mol. The first-order valence-corrected chi connectivity index (χ1v) is 14.3. The van der Waals surface area contributed by atoms with Gasteiger partial charge < -0.3 is 25.8 Å². The molecule has 4 aliphatic rings. The smallest absolute Gasteiger partial charge is 0.405 e. The highest BCUT2D eigenvalue weighted by atomic mass is 16.6. The summed E-state index contributed by atoms with van der Waals surface area (Å²) in [6.07, 6.45) is 9.20. The fourth-order valence-corrected chi connectivity index (χ4v) is 6.84. The number of hydrogen-bond donors (Lipinski definition) is 3. The highest BCUT2D eigenvalue weighted by Gasteiger charge is 2.57. The van der Waals surface area contributed by atoms with E-state index in [9.17, 15) is 14.4 Å². The zero-order chi connectivity index (χ0) is 28.5. The minimum atomic E-state index is -0.715. The lowest BCUT2D eigenvalue weighted by Crippen LogP contribution is -2.63. The molecule has 2 unspecified atom stereocenters. The highest BCUT2D eigenvalue weighted by Crippen LogP contribution is 2.57. The molecule has 0 saturated heterocycles. The topological polar surface area (TPSA) is 138 Å². The standard InChI is InChI=1S/C29H45N5O5/c1-17(2)9-23(35)33-28(5,6)7-8-34-26(38-16-18(3)4)22(15-31-34)25(36)32-24-20-10-19-11-21(24)14-29(12-19,13-20)39-27(30)37/h7-8,15,17-21,24H,9-14,16H2,1-6H3,(H2,30,37)(H,32,36)(H,33,35)/b8-7+. The maximum Gasteiger partial charge on any atom is 0.405 e. The summed E-state index contributed by atoms with van der Waals surface area (Å²) in [5.74, 6) is 1.64. The van der Waals surface area contributed by atoms with E-state index in [0.717, 1.165) is 32.1 Å². The van der Waals surface area contributed by atoms with Crippen molar-refractivity contribution in [2.24, 2.45) is 35.3 Å². The Balaban J connectivity index is 1.49. The van der Waals surface area contributed by atoms with Crippen molar-refractivity contribution in [1.82, 2.24) is 20.4 Å². The molecule has 4 N–H and O–H groups in total. The normalized spacial score (nSPS) is 27.8. The van der Waals surface area contributed by atoms with Crippen molar-refractivity contribution in [2.45, 2.75) is 97.2 Å². The average molecular weight is 544 g/mol. The molecule has 0 spiro atoms. The van der Waals surface area contributed by atoms with Gasteiger partial charge in [0.05, 0.1) is 18.3 Å². The molecular weight excluding hydrogens is 498 g/mol. The number of hydrogen-bond acceptors (Lipinski definition) is 6. The number of rotatable bonds is 11. The van der Waals surface area contributed by atoms with Gasteiger partial charge in [0.25, 0.3) is 5.91 Å². The van der Waals surface area contributed by atoms with Gasteiger partial charge in [-0.25, -0.2) is 9.48 Å². The lowest BCUT2D eigenvalue weighted by atomic mass is 9.52. The Labute approximate surface area is 231 Å². The number of nitrogens with zero attached hydrogens (tertiary/aromatic N) is 2. The third kappa shape index (κ3) is 6.94. The van der Waals surface area contributed by atoms with Crippen LogP contribution in [0.3, 0.4) is 0 Å². The number of aromatic nitrogens is 2. The number of primary amides is 1. The van der Waals surface area contributed by atoms with Crippen LogP contribution in [0.15, 0.2) is 12.3 Å². The van der Waals surface area contributed by atoms with Crippen molar-refractivity contribution in [3.05, 3.63) is 17.8 Å². The van der Waals surface area contributed by atoms with Gasteiger partial charge in [0, 0.05) is 18.7 Å². The van der Waals surface area contributed by atoms with Crippen LogP contribution in [0.25, 0.3) is 6.20 Å². The first-order valence-electron chi connectivity index (χ1n) is 14.3. The molecule has 3 amide bonds. The molecule has 4 bridgehead atoms. The predicted octanol–water partition coefficient (Wildman–Crippen LogP) is 4.10. The maximum absolute atomic E-state index is 13.6. The summed E-state index contributed by atoms with van der Waals surface area (Å²) in [7, 11) is 0. The minimum Gasteiger partial charge on any atom is -0.477 e. The lowest BCUT2D eigenvalue weighted by molar-refractivity contribution is -0.137. The van der Waals surface area contributed by atoms with E-state index < -0.39 is 17.2 Å². The van der Waals surface area contributed by atoms with E-state index in [2.05, 4.69) is 15.7 Å². The summed E-state index contributed by atoms with van der Waals surface area (Å²) in [5, 5.41) is 10.7. The molecule has 216 valence electrons. The Kier molecular flexibility index (Phi) is 8.33. The monoisotopic (exact) mass is 543 g/mol. The van der Waals surface area contributed by atoms with Crippen LogP contribution < -0.4 is 21.1 Å². The van der Waals surface area contributed by atoms with Crippen molar-refractivity contribution < 1.29 is 23.9 Å². The molecule has 39 heavy (non-hydrogen) atoms. The second-order valence-electron chi connectivity index (χ2n) is 13.3. The summed E-state index contributed by atoms with van der Waals surface area (Å²) in [6, 6.07) is 0.00518. The first kappa shape index (κ1) is 29.0. The minimum absolute atomic E-state index is 0.00518. The van der Waals surface area contributed by atoms with Gasteiger partial charge in [0.2, 0.25) is 11.8 Å². The van der Waals surface area contributed by atoms with Gasteiger partial charge in [0.15, 0.2) is 0 Å². The number of nitrogens with two attached hydrogens (primary N) is 1. The molecule has 2 atom stereocenters. The maximum atomic E-state index is 13.6. The molecule has 4 fully saturated rings. The van der Waals surface area contributed by atoms with Gasteiger partial charge in [-0.15, -0.1) is 0 Å². The second kappa shape index (κ2) is 11.2. The molecule has 4 saturated carbocycles. The number of amides is 3. The first-order chi connectivity index (χ1) is 18.3.